The van der Waals surface area contributed by atoms with Gasteiger partial charge in [-0.3, -0.25) is 4.79 Å². The van der Waals surface area contributed by atoms with Gasteiger partial charge in [-0.2, -0.15) is 0 Å². The Labute approximate surface area is 82.9 Å². The van der Waals surface area contributed by atoms with Gasteiger partial charge < -0.3 is 5.73 Å². The minimum atomic E-state index is -0.366. The van der Waals surface area contributed by atoms with Crippen molar-refractivity contribution in [2.45, 2.75) is 19.3 Å². The highest BCUT2D eigenvalue weighted by Gasteiger charge is 2.05. The third-order valence-electron chi connectivity index (χ3n) is 2.00. The highest BCUT2D eigenvalue weighted by Crippen LogP contribution is 2.08. The second kappa shape index (κ2) is 5.50. The van der Waals surface area contributed by atoms with Crippen LogP contribution in [0.1, 0.15) is 29.6 Å². The van der Waals surface area contributed by atoms with Gasteiger partial charge in [-0.1, -0.05) is 12.1 Å². The minimum Gasteiger partial charge on any atom is -0.330 e. The maximum Gasteiger partial charge on any atom is 0.162 e. The zero-order chi connectivity index (χ0) is 10.4. The van der Waals surface area contributed by atoms with E-state index < -0.39 is 0 Å². The molecule has 1 aromatic carbocycles. The van der Waals surface area contributed by atoms with E-state index in [-0.39, 0.29) is 11.6 Å². The van der Waals surface area contributed by atoms with Crippen LogP contribution < -0.4 is 5.73 Å². The Kier molecular flexibility index (Phi) is 4.26. The van der Waals surface area contributed by atoms with Gasteiger partial charge >= 0.3 is 0 Å². The first kappa shape index (κ1) is 10.9. The fraction of sp³-hybridized carbons (Fsp3) is 0.364. The predicted molar refractivity (Wildman–Crippen MR) is 53.6 cm³/mol. The molecule has 1 rings (SSSR count). The zero-order valence-corrected chi connectivity index (χ0v) is 8.00. The average Bonchev–Trinajstić information content (AvgIpc) is 2.18. The molecular formula is C11H14FNO. The average molecular weight is 195 g/mol. The molecule has 0 atom stereocenters. The van der Waals surface area contributed by atoms with E-state index in [9.17, 15) is 9.18 Å². The Morgan fingerprint density at radius 1 is 1.36 bits per heavy atom. The van der Waals surface area contributed by atoms with E-state index in [0.717, 1.165) is 12.8 Å². The number of hydrogen-bond donors (Lipinski definition) is 1. The normalized spacial score (nSPS) is 10.1. The SMILES string of the molecule is NCCCCC(=O)c1cccc(F)c1. The second-order valence-corrected chi connectivity index (χ2v) is 3.18. The first-order valence-corrected chi connectivity index (χ1v) is 4.73. The molecule has 3 heteroatoms. The number of carbonyl (C=O) groups excluding carboxylic acids is 1. The quantitative estimate of drug-likeness (QED) is 0.577. The number of unbranched alkanes of at least 4 members (excludes halogenated alkanes) is 1. The van der Waals surface area contributed by atoms with Gasteiger partial charge in [-0.25, -0.2) is 4.39 Å². The molecule has 0 aliphatic heterocycles. The molecule has 0 radical (unpaired) electrons. The van der Waals surface area contributed by atoms with Crippen LogP contribution in [0.25, 0.3) is 0 Å². The summed E-state index contributed by atoms with van der Waals surface area (Å²) in [5, 5.41) is 0. The van der Waals surface area contributed by atoms with Crippen LogP contribution in [0.3, 0.4) is 0 Å². The molecule has 0 saturated heterocycles. The molecule has 0 saturated carbocycles. The smallest absolute Gasteiger partial charge is 0.162 e. The number of carbonyl (C=O) groups is 1. The maximum atomic E-state index is 12.7. The van der Waals surface area contributed by atoms with E-state index in [1.165, 1.54) is 12.1 Å². The van der Waals surface area contributed by atoms with Crippen molar-refractivity contribution >= 4 is 5.78 Å². The Hall–Kier alpha value is -1.22. The molecule has 0 bridgehead atoms. The van der Waals surface area contributed by atoms with Crippen molar-refractivity contribution in [1.82, 2.24) is 0 Å². The van der Waals surface area contributed by atoms with Gasteiger partial charge in [0.05, 0.1) is 0 Å². The molecule has 0 amide bonds. The van der Waals surface area contributed by atoms with Crippen LogP contribution in [-0.4, -0.2) is 12.3 Å². The number of Topliss-reactive ketones (excluding diaryl/α,β-unsaturated/α-hetero) is 1. The topological polar surface area (TPSA) is 43.1 Å². The monoisotopic (exact) mass is 195 g/mol. The van der Waals surface area contributed by atoms with Crippen LogP contribution in [-0.2, 0) is 0 Å². The highest BCUT2D eigenvalue weighted by molar-refractivity contribution is 5.95. The Morgan fingerprint density at radius 2 is 2.14 bits per heavy atom. The Morgan fingerprint density at radius 3 is 2.79 bits per heavy atom. The molecular weight excluding hydrogens is 181 g/mol. The second-order valence-electron chi connectivity index (χ2n) is 3.18. The number of ketones is 1. The van der Waals surface area contributed by atoms with Gasteiger partial charge in [0.2, 0.25) is 0 Å². The van der Waals surface area contributed by atoms with E-state index in [1.807, 2.05) is 0 Å². The summed E-state index contributed by atoms with van der Waals surface area (Å²) in [7, 11) is 0. The van der Waals surface area contributed by atoms with Gasteiger partial charge in [0.1, 0.15) is 5.82 Å². The molecule has 0 unspecified atom stereocenters. The van der Waals surface area contributed by atoms with Crippen molar-refractivity contribution in [2.75, 3.05) is 6.54 Å². The van der Waals surface area contributed by atoms with Crippen LogP contribution in [0.15, 0.2) is 24.3 Å². The van der Waals surface area contributed by atoms with Gasteiger partial charge in [0.25, 0.3) is 0 Å². The van der Waals surface area contributed by atoms with Crippen LogP contribution in [0.5, 0.6) is 0 Å². The van der Waals surface area contributed by atoms with Crippen molar-refractivity contribution < 1.29 is 9.18 Å². The lowest BCUT2D eigenvalue weighted by Gasteiger charge is -2.00. The first-order chi connectivity index (χ1) is 6.74. The zero-order valence-electron chi connectivity index (χ0n) is 8.00. The molecule has 14 heavy (non-hydrogen) atoms. The Bertz CT molecular complexity index is 312. The molecule has 0 heterocycles. The molecule has 0 aromatic heterocycles. The van der Waals surface area contributed by atoms with E-state index in [4.69, 9.17) is 5.73 Å². The lowest BCUT2D eigenvalue weighted by Crippen LogP contribution is -2.03. The highest BCUT2D eigenvalue weighted by atomic mass is 19.1. The summed E-state index contributed by atoms with van der Waals surface area (Å²) in [4.78, 5) is 11.5. The molecule has 2 N–H and O–H groups in total. The van der Waals surface area contributed by atoms with Crippen LogP contribution in [0.2, 0.25) is 0 Å². The van der Waals surface area contributed by atoms with Gasteiger partial charge in [0, 0.05) is 12.0 Å². The number of halogens is 1. The minimum absolute atomic E-state index is 0.0158. The lowest BCUT2D eigenvalue weighted by atomic mass is 10.1. The number of rotatable bonds is 5. The van der Waals surface area contributed by atoms with Crippen molar-refractivity contribution in [1.29, 1.82) is 0 Å². The summed E-state index contributed by atoms with van der Waals surface area (Å²) in [6, 6.07) is 5.78. The molecule has 0 aliphatic carbocycles. The number of benzene rings is 1. The summed E-state index contributed by atoms with van der Waals surface area (Å²) >= 11 is 0. The Balaban J connectivity index is 2.52. The van der Waals surface area contributed by atoms with Crippen molar-refractivity contribution in [3.05, 3.63) is 35.6 Å². The largest absolute Gasteiger partial charge is 0.330 e. The van der Waals surface area contributed by atoms with Crippen molar-refractivity contribution in [3.63, 3.8) is 0 Å². The fourth-order valence-corrected chi connectivity index (χ4v) is 1.24. The lowest BCUT2D eigenvalue weighted by molar-refractivity contribution is 0.0979. The first-order valence-electron chi connectivity index (χ1n) is 4.73. The van der Waals surface area contributed by atoms with E-state index in [2.05, 4.69) is 0 Å². The molecule has 0 aliphatic rings. The summed E-state index contributed by atoms with van der Waals surface area (Å²) in [6.45, 7) is 0.594. The van der Waals surface area contributed by atoms with Crippen molar-refractivity contribution in [2.24, 2.45) is 5.73 Å². The van der Waals surface area contributed by atoms with Gasteiger partial charge in [0.15, 0.2) is 5.78 Å². The number of nitrogens with two attached hydrogens (primary N) is 1. The third-order valence-corrected chi connectivity index (χ3v) is 2.00. The van der Waals surface area contributed by atoms with E-state index in [1.54, 1.807) is 12.1 Å². The molecule has 76 valence electrons. The standard InChI is InChI=1S/C11H14FNO/c12-10-5-3-4-9(8-10)11(14)6-1-2-7-13/h3-5,8H,1-2,6-7,13H2. The van der Waals surface area contributed by atoms with E-state index >= 15 is 0 Å². The third kappa shape index (κ3) is 3.26. The molecule has 0 fully saturated rings. The van der Waals surface area contributed by atoms with E-state index in [0.29, 0.717) is 18.5 Å². The van der Waals surface area contributed by atoms with Crippen LogP contribution in [0, 0.1) is 5.82 Å². The van der Waals surface area contributed by atoms with Crippen LogP contribution >= 0.6 is 0 Å². The molecule has 0 spiro atoms. The summed E-state index contributed by atoms with van der Waals surface area (Å²) in [6.07, 6.45) is 2.05. The fourth-order valence-electron chi connectivity index (χ4n) is 1.24. The molecule has 2 nitrogen and oxygen atoms in total. The molecule has 1 aromatic rings. The number of hydrogen-bond acceptors (Lipinski definition) is 2. The summed E-state index contributed by atoms with van der Waals surface area (Å²) in [5.74, 6) is -0.382. The maximum absolute atomic E-state index is 12.7. The van der Waals surface area contributed by atoms with Crippen molar-refractivity contribution in [3.8, 4) is 0 Å². The van der Waals surface area contributed by atoms with Gasteiger partial charge in [-0.05, 0) is 31.5 Å². The van der Waals surface area contributed by atoms with Gasteiger partial charge in [-0.15, -0.1) is 0 Å². The summed E-state index contributed by atoms with van der Waals surface area (Å²) < 4.78 is 12.7. The summed E-state index contributed by atoms with van der Waals surface area (Å²) in [5.41, 5.74) is 5.75. The predicted octanol–water partition coefficient (Wildman–Crippen LogP) is 2.14. The van der Waals surface area contributed by atoms with Crippen LogP contribution in [0.4, 0.5) is 4.39 Å².